The number of nitrogens with zero attached hydrogens (tertiary/aromatic N) is 2. The number of benzene rings is 1. The molecule has 2 N–H and O–H groups in total. The number of rotatable bonds is 4. The van der Waals surface area contributed by atoms with Crippen molar-refractivity contribution in [2.24, 2.45) is 0 Å². The normalized spacial score (nSPS) is 10.2. The lowest BCUT2D eigenvalue weighted by Crippen LogP contribution is -2.06. The topological polar surface area (TPSA) is 58.0 Å². The third kappa shape index (κ3) is 3.42. The average Bonchev–Trinajstić information content (AvgIpc) is 2.34. The molecule has 0 amide bonds. The number of hydrogen-bond acceptors (Lipinski definition) is 4. The van der Waals surface area contributed by atoms with Gasteiger partial charge in [-0.3, -0.25) is 0 Å². The summed E-state index contributed by atoms with van der Waals surface area (Å²) in [6.07, 6.45) is 4.08. The van der Waals surface area contributed by atoms with Gasteiger partial charge in [-0.2, -0.15) is 0 Å². The SMILES string of the molecule is Oc1ccc(CCNc2ncncc2Br)cc1. The molecule has 0 aliphatic heterocycles. The molecule has 2 rings (SSSR count). The van der Waals surface area contributed by atoms with Crippen molar-refractivity contribution in [3.8, 4) is 5.75 Å². The number of halogens is 1. The van der Waals surface area contributed by atoms with Gasteiger partial charge in [-0.15, -0.1) is 0 Å². The summed E-state index contributed by atoms with van der Waals surface area (Å²) in [4.78, 5) is 8.01. The van der Waals surface area contributed by atoms with Crippen LogP contribution >= 0.6 is 15.9 Å². The van der Waals surface area contributed by atoms with E-state index in [9.17, 15) is 0 Å². The van der Waals surface area contributed by atoms with Crippen LogP contribution in [0.4, 0.5) is 5.82 Å². The van der Waals surface area contributed by atoms with E-state index < -0.39 is 0 Å². The second kappa shape index (κ2) is 5.63. The van der Waals surface area contributed by atoms with Gasteiger partial charge in [0.1, 0.15) is 17.9 Å². The highest BCUT2D eigenvalue weighted by atomic mass is 79.9. The van der Waals surface area contributed by atoms with Crippen molar-refractivity contribution >= 4 is 21.7 Å². The van der Waals surface area contributed by atoms with Crippen molar-refractivity contribution in [1.82, 2.24) is 9.97 Å². The molecule has 0 bridgehead atoms. The van der Waals surface area contributed by atoms with Crippen LogP contribution in [-0.2, 0) is 6.42 Å². The zero-order valence-corrected chi connectivity index (χ0v) is 10.7. The first kappa shape index (κ1) is 11.9. The van der Waals surface area contributed by atoms with Gasteiger partial charge in [0.05, 0.1) is 4.47 Å². The van der Waals surface area contributed by atoms with E-state index in [0.717, 1.165) is 23.3 Å². The van der Waals surface area contributed by atoms with Crippen molar-refractivity contribution in [3.63, 3.8) is 0 Å². The highest BCUT2D eigenvalue weighted by molar-refractivity contribution is 9.10. The van der Waals surface area contributed by atoms with Crippen molar-refractivity contribution < 1.29 is 5.11 Å². The Bertz CT molecular complexity index is 487. The molecule has 0 fully saturated rings. The molecule has 0 radical (unpaired) electrons. The second-order valence-electron chi connectivity index (χ2n) is 3.56. The van der Waals surface area contributed by atoms with Gasteiger partial charge < -0.3 is 10.4 Å². The average molecular weight is 294 g/mol. The molecule has 0 saturated carbocycles. The minimum Gasteiger partial charge on any atom is -0.508 e. The fraction of sp³-hybridized carbons (Fsp3) is 0.167. The molecule has 0 aliphatic rings. The van der Waals surface area contributed by atoms with Crippen molar-refractivity contribution in [3.05, 3.63) is 46.8 Å². The summed E-state index contributed by atoms with van der Waals surface area (Å²) in [5.41, 5.74) is 1.17. The zero-order valence-electron chi connectivity index (χ0n) is 9.10. The van der Waals surface area contributed by atoms with Crippen molar-refractivity contribution in [1.29, 1.82) is 0 Å². The van der Waals surface area contributed by atoms with Gasteiger partial charge in [-0.05, 0) is 40.0 Å². The maximum atomic E-state index is 9.16. The Hall–Kier alpha value is -1.62. The van der Waals surface area contributed by atoms with E-state index in [2.05, 4.69) is 31.2 Å². The van der Waals surface area contributed by atoms with Crippen LogP contribution in [0.15, 0.2) is 41.3 Å². The molecule has 0 spiro atoms. The molecular formula is C12H12BrN3O. The molecule has 5 heteroatoms. The van der Waals surface area contributed by atoms with Gasteiger partial charge in [0.2, 0.25) is 0 Å². The molecule has 0 unspecified atom stereocenters. The first-order chi connectivity index (χ1) is 8.25. The van der Waals surface area contributed by atoms with Gasteiger partial charge in [-0.1, -0.05) is 12.1 Å². The molecule has 2 aromatic rings. The maximum Gasteiger partial charge on any atom is 0.143 e. The van der Waals surface area contributed by atoms with E-state index in [-0.39, 0.29) is 0 Å². The van der Waals surface area contributed by atoms with Crippen molar-refractivity contribution in [2.45, 2.75) is 6.42 Å². The first-order valence-corrected chi connectivity index (χ1v) is 6.02. The lowest BCUT2D eigenvalue weighted by atomic mass is 10.1. The van der Waals surface area contributed by atoms with E-state index in [1.165, 1.54) is 11.9 Å². The summed E-state index contributed by atoms with van der Waals surface area (Å²) in [7, 11) is 0. The first-order valence-electron chi connectivity index (χ1n) is 5.23. The number of anilines is 1. The third-order valence-corrected chi connectivity index (χ3v) is 2.89. The van der Waals surface area contributed by atoms with Gasteiger partial charge >= 0.3 is 0 Å². The van der Waals surface area contributed by atoms with Gasteiger partial charge in [0, 0.05) is 12.7 Å². The quantitative estimate of drug-likeness (QED) is 0.910. The molecular weight excluding hydrogens is 282 g/mol. The Balaban J connectivity index is 1.88. The van der Waals surface area contributed by atoms with Gasteiger partial charge in [-0.25, -0.2) is 9.97 Å². The largest absolute Gasteiger partial charge is 0.508 e. The number of nitrogens with one attached hydrogen (secondary N) is 1. The van der Waals surface area contributed by atoms with Crippen LogP contribution in [0, 0.1) is 0 Å². The minimum absolute atomic E-state index is 0.292. The fourth-order valence-corrected chi connectivity index (χ4v) is 1.79. The monoisotopic (exact) mass is 293 g/mol. The summed E-state index contributed by atoms with van der Waals surface area (Å²) in [6.45, 7) is 0.778. The smallest absolute Gasteiger partial charge is 0.143 e. The Kier molecular flexibility index (Phi) is 3.93. The maximum absolute atomic E-state index is 9.16. The molecule has 1 heterocycles. The molecule has 88 valence electrons. The van der Waals surface area contributed by atoms with Crippen LogP contribution in [0.5, 0.6) is 5.75 Å². The van der Waals surface area contributed by atoms with Crippen LogP contribution in [0.1, 0.15) is 5.56 Å². The minimum atomic E-state index is 0.292. The highest BCUT2D eigenvalue weighted by Crippen LogP contribution is 2.17. The third-order valence-electron chi connectivity index (χ3n) is 2.31. The summed E-state index contributed by atoms with van der Waals surface area (Å²) >= 11 is 3.37. The summed E-state index contributed by atoms with van der Waals surface area (Å²) < 4.78 is 0.853. The number of phenols is 1. The number of aromatic nitrogens is 2. The number of phenolic OH excluding ortho intramolecular Hbond substituents is 1. The Morgan fingerprint density at radius 2 is 2.00 bits per heavy atom. The lowest BCUT2D eigenvalue weighted by Gasteiger charge is -2.06. The lowest BCUT2D eigenvalue weighted by molar-refractivity contribution is 0.475. The molecule has 0 aliphatic carbocycles. The van der Waals surface area contributed by atoms with Crippen molar-refractivity contribution in [2.75, 3.05) is 11.9 Å². The fourth-order valence-electron chi connectivity index (χ4n) is 1.43. The van der Waals surface area contributed by atoms with Crippen LogP contribution in [0.25, 0.3) is 0 Å². The highest BCUT2D eigenvalue weighted by Gasteiger charge is 1.99. The molecule has 0 saturated heterocycles. The van der Waals surface area contributed by atoms with Crippen LogP contribution in [-0.4, -0.2) is 21.6 Å². The Morgan fingerprint density at radius 1 is 1.24 bits per heavy atom. The number of aromatic hydroxyl groups is 1. The molecule has 17 heavy (non-hydrogen) atoms. The molecule has 1 aromatic carbocycles. The standard InChI is InChI=1S/C12H12BrN3O/c13-11-7-14-8-16-12(11)15-6-5-9-1-3-10(17)4-2-9/h1-4,7-8,17H,5-6H2,(H,14,15,16). The van der Waals surface area contributed by atoms with E-state index in [0.29, 0.717) is 5.75 Å². The van der Waals surface area contributed by atoms with E-state index in [4.69, 9.17) is 5.11 Å². The predicted molar refractivity (Wildman–Crippen MR) is 70.0 cm³/mol. The molecule has 0 atom stereocenters. The summed E-state index contributed by atoms with van der Waals surface area (Å²) in [5.74, 6) is 1.08. The Labute approximate surface area is 108 Å². The zero-order chi connectivity index (χ0) is 12.1. The summed E-state index contributed by atoms with van der Waals surface area (Å²) in [5, 5.41) is 12.4. The van der Waals surface area contributed by atoms with Crippen LogP contribution in [0.3, 0.4) is 0 Å². The molecule has 1 aromatic heterocycles. The van der Waals surface area contributed by atoms with Crippen LogP contribution < -0.4 is 5.32 Å². The Morgan fingerprint density at radius 3 is 2.71 bits per heavy atom. The number of hydrogen-bond donors (Lipinski definition) is 2. The molecule has 4 nitrogen and oxygen atoms in total. The van der Waals surface area contributed by atoms with E-state index in [1.54, 1.807) is 18.3 Å². The second-order valence-corrected chi connectivity index (χ2v) is 4.42. The van der Waals surface area contributed by atoms with Crippen LogP contribution in [0.2, 0.25) is 0 Å². The van der Waals surface area contributed by atoms with Gasteiger partial charge in [0.15, 0.2) is 0 Å². The van der Waals surface area contributed by atoms with Gasteiger partial charge in [0.25, 0.3) is 0 Å². The predicted octanol–water partition coefficient (Wildman–Crippen LogP) is 2.60. The summed E-state index contributed by atoms with van der Waals surface area (Å²) in [6, 6.07) is 7.20. The van der Waals surface area contributed by atoms with E-state index in [1.807, 2.05) is 12.1 Å². The van der Waals surface area contributed by atoms with E-state index >= 15 is 0 Å².